The fraction of sp³-hybridized carbons (Fsp3) is 0.333. The number of carbonyl (C=O) groups excluding carboxylic acids is 2. The Kier molecular flexibility index (Phi) is 6.06. The molecule has 29 heavy (non-hydrogen) atoms. The molecule has 5 nitrogen and oxygen atoms in total. The van der Waals surface area contributed by atoms with Crippen molar-refractivity contribution in [1.29, 1.82) is 0 Å². The van der Waals surface area contributed by atoms with Crippen LogP contribution in [0.15, 0.2) is 46.9 Å². The Morgan fingerprint density at radius 2 is 1.59 bits per heavy atom. The summed E-state index contributed by atoms with van der Waals surface area (Å²) in [6.45, 7) is 9.76. The molecule has 2 aromatic carbocycles. The Morgan fingerprint density at radius 1 is 0.966 bits per heavy atom. The minimum Gasteiger partial charge on any atom is -0.450 e. The lowest BCUT2D eigenvalue weighted by Gasteiger charge is -2.20. The van der Waals surface area contributed by atoms with E-state index in [0.29, 0.717) is 11.1 Å². The average Bonchev–Trinajstić information content (AvgIpc) is 3.03. The first-order chi connectivity index (χ1) is 13.8. The second-order valence-corrected chi connectivity index (χ2v) is 7.80. The van der Waals surface area contributed by atoms with Crippen molar-refractivity contribution < 1.29 is 18.7 Å². The summed E-state index contributed by atoms with van der Waals surface area (Å²) in [5, 5.41) is 3.80. The maximum absolute atomic E-state index is 12.5. The number of para-hydroxylation sites is 2. The number of ether oxygens (including phenoxy) is 1. The number of anilines is 1. The van der Waals surface area contributed by atoms with E-state index in [4.69, 9.17) is 9.15 Å². The van der Waals surface area contributed by atoms with E-state index in [1.165, 1.54) is 0 Å². The number of rotatable bonds is 6. The second-order valence-electron chi connectivity index (χ2n) is 7.80. The van der Waals surface area contributed by atoms with Crippen LogP contribution < -0.4 is 5.32 Å². The molecule has 0 saturated heterocycles. The first-order valence-corrected chi connectivity index (χ1v) is 9.87. The van der Waals surface area contributed by atoms with Crippen LogP contribution in [0.25, 0.3) is 11.0 Å². The van der Waals surface area contributed by atoms with Crippen molar-refractivity contribution in [2.45, 2.75) is 46.5 Å². The second kappa shape index (κ2) is 8.52. The SMILES string of the molecule is Cc1c(C(=O)OCC(=O)Nc2c(C(C)C)cccc2C(C)C)oc2ccccc12. The Balaban J connectivity index is 1.73. The summed E-state index contributed by atoms with van der Waals surface area (Å²) in [7, 11) is 0. The number of carbonyl (C=O) groups is 2. The largest absolute Gasteiger partial charge is 0.450 e. The van der Waals surface area contributed by atoms with Crippen LogP contribution in [0, 0.1) is 6.92 Å². The van der Waals surface area contributed by atoms with Gasteiger partial charge in [0.1, 0.15) is 5.58 Å². The van der Waals surface area contributed by atoms with Crippen molar-refractivity contribution in [2.24, 2.45) is 0 Å². The molecular weight excluding hydrogens is 366 g/mol. The van der Waals surface area contributed by atoms with Crippen molar-refractivity contribution in [3.05, 3.63) is 64.9 Å². The predicted octanol–water partition coefficient (Wildman–Crippen LogP) is 5.78. The van der Waals surface area contributed by atoms with Crippen molar-refractivity contribution in [1.82, 2.24) is 0 Å². The van der Waals surface area contributed by atoms with E-state index in [1.54, 1.807) is 13.0 Å². The van der Waals surface area contributed by atoms with Crippen LogP contribution in [-0.4, -0.2) is 18.5 Å². The number of esters is 1. The minimum absolute atomic E-state index is 0.129. The maximum atomic E-state index is 12.5. The first-order valence-electron chi connectivity index (χ1n) is 9.87. The first kappa shape index (κ1) is 20.6. The highest BCUT2D eigenvalue weighted by molar-refractivity contribution is 5.98. The molecule has 0 fully saturated rings. The standard InChI is InChI=1S/C24H27NO4/c1-14(2)17-10-8-11-18(15(3)4)22(17)25-21(26)13-28-24(27)23-16(5)19-9-6-7-12-20(19)29-23/h6-12,14-15H,13H2,1-5H3,(H,25,26). The molecule has 0 aliphatic rings. The molecule has 0 radical (unpaired) electrons. The van der Waals surface area contributed by atoms with Crippen molar-refractivity contribution in [2.75, 3.05) is 11.9 Å². The molecule has 1 heterocycles. The number of benzene rings is 2. The number of fused-ring (bicyclic) bond motifs is 1. The number of amides is 1. The summed E-state index contributed by atoms with van der Waals surface area (Å²) >= 11 is 0. The maximum Gasteiger partial charge on any atom is 0.375 e. The van der Waals surface area contributed by atoms with Gasteiger partial charge in [0, 0.05) is 16.6 Å². The van der Waals surface area contributed by atoms with Crippen LogP contribution >= 0.6 is 0 Å². The lowest BCUT2D eigenvalue weighted by atomic mass is 9.92. The Hall–Kier alpha value is -3.08. The summed E-state index contributed by atoms with van der Waals surface area (Å²) in [6, 6.07) is 13.4. The van der Waals surface area contributed by atoms with Gasteiger partial charge in [-0.1, -0.05) is 64.1 Å². The highest BCUT2D eigenvalue weighted by Crippen LogP contribution is 2.32. The van der Waals surface area contributed by atoms with E-state index >= 15 is 0 Å². The Morgan fingerprint density at radius 3 is 2.17 bits per heavy atom. The number of hydrogen-bond acceptors (Lipinski definition) is 4. The molecular formula is C24H27NO4. The molecule has 0 aliphatic carbocycles. The van der Waals surface area contributed by atoms with E-state index in [0.717, 1.165) is 22.2 Å². The molecule has 0 spiro atoms. The lowest BCUT2D eigenvalue weighted by molar-refractivity contribution is -0.119. The van der Waals surface area contributed by atoms with Crippen LogP contribution in [0.4, 0.5) is 5.69 Å². The van der Waals surface area contributed by atoms with Crippen LogP contribution in [0.2, 0.25) is 0 Å². The molecule has 0 atom stereocenters. The third kappa shape index (κ3) is 4.34. The number of aryl methyl sites for hydroxylation is 1. The topological polar surface area (TPSA) is 68.5 Å². The van der Waals surface area contributed by atoms with Gasteiger partial charge in [-0.05, 0) is 36.0 Å². The van der Waals surface area contributed by atoms with Gasteiger partial charge in [-0.15, -0.1) is 0 Å². The number of nitrogens with one attached hydrogen (secondary N) is 1. The highest BCUT2D eigenvalue weighted by atomic mass is 16.5. The molecule has 1 amide bonds. The normalized spacial score (nSPS) is 11.3. The molecule has 5 heteroatoms. The van der Waals surface area contributed by atoms with Gasteiger partial charge < -0.3 is 14.5 Å². The molecule has 0 saturated carbocycles. The van der Waals surface area contributed by atoms with Gasteiger partial charge in [0.2, 0.25) is 5.76 Å². The van der Waals surface area contributed by atoms with Crippen molar-refractivity contribution in [3.63, 3.8) is 0 Å². The molecule has 1 N–H and O–H groups in total. The third-order valence-corrected chi connectivity index (χ3v) is 5.00. The van der Waals surface area contributed by atoms with Gasteiger partial charge in [0.15, 0.2) is 6.61 Å². The molecule has 0 unspecified atom stereocenters. The summed E-state index contributed by atoms with van der Waals surface area (Å²) in [4.78, 5) is 25.0. The van der Waals surface area contributed by atoms with E-state index in [1.807, 2.05) is 36.4 Å². The van der Waals surface area contributed by atoms with Gasteiger partial charge in [-0.25, -0.2) is 4.79 Å². The van der Waals surface area contributed by atoms with Crippen LogP contribution in [-0.2, 0) is 9.53 Å². The quantitative estimate of drug-likeness (QED) is 0.539. The van der Waals surface area contributed by atoms with Crippen molar-refractivity contribution in [3.8, 4) is 0 Å². The fourth-order valence-electron chi connectivity index (χ4n) is 3.44. The zero-order valence-electron chi connectivity index (χ0n) is 17.5. The van der Waals surface area contributed by atoms with Crippen LogP contribution in [0.1, 0.15) is 66.8 Å². The van der Waals surface area contributed by atoms with Crippen LogP contribution in [0.3, 0.4) is 0 Å². The van der Waals surface area contributed by atoms with E-state index < -0.39 is 5.97 Å². The smallest absolute Gasteiger partial charge is 0.375 e. The molecule has 3 rings (SSSR count). The average molecular weight is 393 g/mol. The van der Waals surface area contributed by atoms with E-state index in [9.17, 15) is 9.59 Å². The Labute approximate surface area is 171 Å². The molecule has 152 valence electrons. The number of furan rings is 1. The summed E-state index contributed by atoms with van der Waals surface area (Å²) in [5.41, 5.74) is 4.25. The molecule has 3 aromatic rings. The van der Waals surface area contributed by atoms with Gasteiger partial charge in [-0.3, -0.25) is 4.79 Å². The summed E-state index contributed by atoms with van der Waals surface area (Å²) < 4.78 is 10.8. The zero-order valence-corrected chi connectivity index (χ0v) is 17.5. The summed E-state index contributed by atoms with van der Waals surface area (Å²) in [6.07, 6.45) is 0. The lowest BCUT2D eigenvalue weighted by Crippen LogP contribution is -2.22. The van der Waals surface area contributed by atoms with Gasteiger partial charge >= 0.3 is 5.97 Å². The molecule has 1 aromatic heterocycles. The third-order valence-electron chi connectivity index (χ3n) is 5.00. The molecule has 0 bridgehead atoms. The monoisotopic (exact) mass is 393 g/mol. The van der Waals surface area contributed by atoms with Gasteiger partial charge in [-0.2, -0.15) is 0 Å². The minimum atomic E-state index is -0.643. The van der Waals surface area contributed by atoms with E-state index in [-0.39, 0.29) is 30.1 Å². The fourth-order valence-corrected chi connectivity index (χ4v) is 3.44. The molecule has 0 aliphatic heterocycles. The highest BCUT2D eigenvalue weighted by Gasteiger charge is 2.21. The van der Waals surface area contributed by atoms with Gasteiger partial charge in [0.25, 0.3) is 5.91 Å². The summed E-state index contributed by atoms with van der Waals surface area (Å²) in [5.74, 6) is -0.379. The van der Waals surface area contributed by atoms with Crippen LogP contribution in [0.5, 0.6) is 0 Å². The zero-order chi connectivity index (χ0) is 21.1. The van der Waals surface area contributed by atoms with Gasteiger partial charge in [0.05, 0.1) is 0 Å². The predicted molar refractivity (Wildman–Crippen MR) is 114 cm³/mol. The Bertz CT molecular complexity index is 1020. The van der Waals surface area contributed by atoms with Crippen molar-refractivity contribution >= 4 is 28.5 Å². The van der Waals surface area contributed by atoms with E-state index in [2.05, 4.69) is 33.0 Å². The number of hydrogen-bond donors (Lipinski definition) is 1.